The van der Waals surface area contributed by atoms with Gasteiger partial charge in [-0.25, -0.2) is 9.78 Å². The van der Waals surface area contributed by atoms with Crippen molar-refractivity contribution in [3.63, 3.8) is 0 Å². The number of carbonyl (C=O) groups excluding carboxylic acids is 1. The van der Waals surface area contributed by atoms with Crippen molar-refractivity contribution in [2.45, 2.75) is 6.61 Å². The number of oxazole rings is 1. The highest BCUT2D eigenvalue weighted by atomic mass is 16.5. The molecule has 5 nitrogen and oxygen atoms in total. The quantitative estimate of drug-likeness (QED) is 0.687. The minimum absolute atomic E-state index is 0.0133. The van der Waals surface area contributed by atoms with Crippen molar-refractivity contribution in [1.29, 1.82) is 0 Å². The number of aromatic nitrogens is 2. The van der Waals surface area contributed by atoms with Gasteiger partial charge < -0.3 is 9.15 Å². The molecule has 0 bridgehead atoms. The summed E-state index contributed by atoms with van der Waals surface area (Å²) >= 11 is 0. The lowest BCUT2D eigenvalue weighted by Crippen LogP contribution is -2.05. The van der Waals surface area contributed by atoms with E-state index in [1.165, 1.54) is 6.20 Å². The van der Waals surface area contributed by atoms with Gasteiger partial charge in [0.1, 0.15) is 0 Å². The lowest BCUT2D eigenvalue weighted by atomic mass is 10.2. The molecule has 21 heavy (non-hydrogen) atoms. The van der Waals surface area contributed by atoms with Crippen LogP contribution >= 0.6 is 0 Å². The standard InChI is InChI=1S/C16H12N2O3/c19-16(13-7-4-8-17-9-13)20-11-15-18-10-14(21-15)12-5-2-1-3-6-12/h1-10H,11H2. The van der Waals surface area contributed by atoms with Crippen LogP contribution in [0.4, 0.5) is 0 Å². The van der Waals surface area contributed by atoms with E-state index in [1.54, 1.807) is 24.5 Å². The van der Waals surface area contributed by atoms with Crippen LogP contribution in [-0.2, 0) is 11.3 Å². The van der Waals surface area contributed by atoms with E-state index < -0.39 is 5.97 Å². The lowest BCUT2D eigenvalue weighted by Gasteiger charge is -2.01. The summed E-state index contributed by atoms with van der Waals surface area (Å²) in [5.41, 5.74) is 1.32. The number of pyridine rings is 1. The molecule has 0 saturated carbocycles. The molecule has 104 valence electrons. The fraction of sp³-hybridized carbons (Fsp3) is 0.0625. The second kappa shape index (κ2) is 6.00. The molecule has 0 amide bonds. The molecule has 0 aliphatic heterocycles. The average Bonchev–Trinajstić information content (AvgIpc) is 3.03. The molecule has 2 aromatic heterocycles. The molecular formula is C16H12N2O3. The summed E-state index contributed by atoms with van der Waals surface area (Å²) in [6, 6.07) is 12.9. The summed E-state index contributed by atoms with van der Waals surface area (Å²) in [6.07, 6.45) is 4.66. The first kappa shape index (κ1) is 13.1. The predicted molar refractivity (Wildman–Crippen MR) is 75.3 cm³/mol. The van der Waals surface area contributed by atoms with Crippen molar-refractivity contribution >= 4 is 5.97 Å². The van der Waals surface area contributed by atoms with Crippen LogP contribution in [0.1, 0.15) is 16.2 Å². The second-order valence-electron chi connectivity index (χ2n) is 4.30. The van der Waals surface area contributed by atoms with Gasteiger partial charge in [-0.15, -0.1) is 0 Å². The maximum Gasteiger partial charge on any atom is 0.340 e. The highest BCUT2D eigenvalue weighted by Gasteiger charge is 2.10. The van der Waals surface area contributed by atoms with E-state index in [-0.39, 0.29) is 6.61 Å². The van der Waals surface area contributed by atoms with E-state index >= 15 is 0 Å². The van der Waals surface area contributed by atoms with Gasteiger partial charge in [0.2, 0.25) is 5.89 Å². The Bertz CT molecular complexity index is 724. The average molecular weight is 280 g/mol. The number of nitrogens with zero attached hydrogens (tertiary/aromatic N) is 2. The molecule has 0 spiro atoms. The van der Waals surface area contributed by atoms with Crippen LogP contribution in [0, 0.1) is 0 Å². The van der Waals surface area contributed by atoms with Crippen LogP contribution in [0.3, 0.4) is 0 Å². The zero-order valence-electron chi connectivity index (χ0n) is 11.1. The SMILES string of the molecule is O=C(OCc1ncc(-c2ccccc2)o1)c1cccnc1. The first-order valence-electron chi connectivity index (χ1n) is 6.40. The number of hydrogen-bond donors (Lipinski definition) is 0. The molecule has 0 saturated heterocycles. The first-order chi connectivity index (χ1) is 10.3. The molecular weight excluding hydrogens is 268 g/mol. The zero-order valence-corrected chi connectivity index (χ0v) is 11.1. The fourth-order valence-electron chi connectivity index (χ4n) is 1.81. The zero-order chi connectivity index (χ0) is 14.5. The van der Waals surface area contributed by atoms with Gasteiger partial charge in [-0.05, 0) is 12.1 Å². The monoisotopic (exact) mass is 280 g/mol. The van der Waals surface area contributed by atoms with Crippen molar-refractivity contribution < 1.29 is 13.9 Å². The number of esters is 1. The third-order valence-electron chi connectivity index (χ3n) is 2.84. The van der Waals surface area contributed by atoms with Gasteiger partial charge in [-0.1, -0.05) is 30.3 Å². The van der Waals surface area contributed by atoms with E-state index in [2.05, 4.69) is 9.97 Å². The van der Waals surface area contributed by atoms with Gasteiger partial charge in [0, 0.05) is 18.0 Å². The smallest absolute Gasteiger partial charge is 0.340 e. The number of ether oxygens (including phenoxy) is 1. The Labute approximate surface area is 121 Å². The molecule has 2 heterocycles. The molecule has 0 N–H and O–H groups in total. The molecule has 1 aromatic carbocycles. The van der Waals surface area contributed by atoms with E-state index in [1.807, 2.05) is 30.3 Å². The molecule has 3 rings (SSSR count). The van der Waals surface area contributed by atoms with Gasteiger partial charge in [0.25, 0.3) is 0 Å². The minimum Gasteiger partial charge on any atom is -0.452 e. The Hall–Kier alpha value is -2.95. The summed E-state index contributed by atoms with van der Waals surface area (Å²) < 4.78 is 10.7. The van der Waals surface area contributed by atoms with E-state index in [4.69, 9.17) is 9.15 Å². The maximum absolute atomic E-state index is 11.8. The second-order valence-corrected chi connectivity index (χ2v) is 4.30. The Kier molecular flexibility index (Phi) is 3.73. The largest absolute Gasteiger partial charge is 0.452 e. The molecule has 0 aliphatic carbocycles. The van der Waals surface area contributed by atoms with Crippen molar-refractivity contribution in [3.05, 3.63) is 72.5 Å². The van der Waals surface area contributed by atoms with Gasteiger partial charge in [-0.2, -0.15) is 0 Å². The summed E-state index contributed by atoms with van der Waals surface area (Å²) in [5, 5.41) is 0. The van der Waals surface area contributed by atoms with Gasteiger partial charge in [0.05, 0.1) is 11.8 Å². The number of rotatable bonds is 4. The van der Waals surface area contributed by atoms with Crippen molar-refractivity contribution in [2.24, 2.45) is 0 Å². The number of carbonyl (C=O) groups is 1. The van der Waals surface area contributed by atoms with Crippen LogP contribution in [0.25, 0.3) is 11.3 Å². The highest BCUT2D eigenvalue weighted by Crippen LogP contribution is 2.20. The lowest BCUT2D eigenvalue weighted by molar-refractivity contribution is 0.0438. The highest BCUT2D eigenvalue weighted by molar-refractivity contribution is 5.88. The van der Waals surface area contributed by atoms with E-state index in [0.29, 0.717) is 17.2 Å². The van der Waals surface area contributed by atoms with E-state index in [9.17, 15) is 4.79 Å². The summed E-state index contributed by atoms with van der Waals surface area (Å²) in [7, 11) is 0. The fourth-order valence-corrected chi connectivity index (χ4v) is 1.81. The van der Waals surface area contributed by atoms with Crippen molar-refractivity contribution in [2.75, 3.05) is 0 Å². The third kappa shape index (κ3) is 3.14. The molecule has 0 unspecified atom stereocenters. The van der Waals surface area contributed by atoms with Crippen molar-refractivity contribution in [3.8, 4) is 11.3 Å². The third-order valence-corrected chi connectivity index (χ3v) is 2.84. The molecule has 3 aromatic rings. The summed E-state index contributed by atoms with van der Waals surface area (Å²) in [5.74, 6) is 0.539. The molecule has 0 atom stereocenters. The summed E-state index contributed by atoms with van der Waals surface area (Å²) in [6.45, 7) is -0.0133. The topological polar surface area (TPSA) is 65.2 Å². The minimum atomic E-state index is -0.456. The molecule has 0 aliphatic rings. The normalized spacial score (nSPS) is 10.3. The Balaban J connectivity index is 1.64. The van der Waals surface area contributed by atoms with Crippen LogP contribution in [0.5, 0.6) is 0 Å². The van der Waals surface area contributed by atoms with Gasteiger partial charge >= 0.3 is 5.97 Å². The Morgan fingerprint density at radius 1 is 1.10 bits per heavy atom. The molecule has 5 heteroatoms. The van der Waals surface area contributed by atoms with Crippen LogP contribution in [0.2, 0.25) is 0 Å². The summed E-state index contributed by atoms with van der Waals surface area (Å²) in [4.78, 5) is 19.7. The molecule has 0 radical (unpaired) electrons. The van der Waals surface area contributed by atoms with Gasteiger partial charge in [0.15, 0.2) is 12.4 Å². The van der Waals surface area contributed by atoms with Crippen LogP contribution in [-0.4, -0.2) is 15.9 Å². The van der Waals surface area contributed by atoms with Gasteiger partial charge in [-0.3, -0.25) is 4.98 Å². The van der Waals surface area contributed by atoms with Crippen LogP contribution < -0.4 is 0 Å². The van der Waals surface area contributed by atoms with Crippen LogP contribution in [0.15, 0.2) is 65.5 Å². The van der Waals surface area contributed by atoms with Crippen molar-refractivity contribution in [1.82, 2.24) is 9.97 Å². The Morgan fingerprint density at radius 3 is 2.71 bits per heavy atom. The number of hydrogen-bond acceptors (Lipinski definition) is 5. The van der Waals surface area contributed by atoms with E-state index in [0.717, 1.165) is 5.56 Å². The predicted octanol–water partition coefficient (Wildman–Crippen LogP) is 3.09. The first-order valence-corrected chi connectivity index (χ1v) is 6.40. The molecule has 0 fully saturated rings. The Morgan fingerprint density at radius 2 is 1.95 bits per heavy atom. The number of benzene rings is 1. The maximum atomic E-state index is 11.8.